The van der Waals surface area contributed by atoms with Crippen LogP contribution < -0.4 is 15.5 Å². The van der Waals surface area contributed by atoms with E-state index in [4.69, 9.17) is 4.74 Å². The lowest BCUT2D eigenvalue weighted by Crippen LogP contribution is -2.37. The first-order chi connectivity index (χ1) is 14.1. The summed E-state index contributed by atoms with van der Waals surface area (Å²) < 4.78 is 7.46. The monoisotopic (exact) mass is 398 g/mol. The van der Waals surface area contributed by atoms with E-state index in [1.807, 2.05) is 35.8 Å². The zero-order valence-electron chi connectivity index (χ0n) is 16.6. The maximum absolute atomic E-state index is 12.3. The number of fused-ring (bicyclic) bond motifs is 1. The first-order valence-corrected chi connectivity index (χ1v) is 10.0. The van der Waals surface area contributed by atoms with Crippen molar-refractivity contribution in [3.8, 4) is 0 Å². The Hall–Kier alpha value is -2.94. The first kappa shape index (κ1) is 19.4. The van der Waals surface area contributed by atoms with E-state index in [0.29, 0.717) is 32.7 Å². The molecule has 154 valence electrons. The van der Waals surface area contributed by atoms with Gasteiger partial charge in [0.25, 0.3) is 0 Å². The minimum Gasteiger partial charge on any atom is -0.379 e. The number of aromatic nitrogens is 3. The van der Waals surface area contributed by atoms with E-state index < -0.39 is 0 Å². The van der Waals surface area contributed by atoms with E-state index in [1.54, 1.807) is 4.90 Å². The molecule has 0 saturated carbocycles. The average molecular weight is 398 g/mol. The molecule has 1 saturated heterocycles. The van der Waals surface area contributed by atoms with Gasteiger partial charge in [-0.1, -0.05) is 12.1 Å². The van der Waals surface area contributed by atoms with Crippen molar-refractivity contribution in [2.75, 3.05) is 24.7 Å². The molecule has 2 aliphatic rings. The number of carbonyl (C=O) groups is 2. The average Bonchev–Trinajstić information content (AvgIpc) is 3.25. The van der Waals surface area contributed by atoms with Gasteiger partial charge in [0.05, 0.1) is 25.8 Å². The highest BCUT2D eigenvalue weighted by atomic mass is 16.5. The molecule has 1 unspecified atom stereocenters. The molecule has 3 amide bonds. The van der Waals surface area contributed by atoms with Crippen LogP contribution in [0.15, 0.2) is 24.3 Å². The van der Waals surface area contributed by atoms with Crippen LogP contribution in [0, 0.1) is 0 Å². The van der Waals surface area contributed by atoms with Crippen LogP contribution in [0.2, 0.25) is 0 Å². The van der Waals surface area contributed by atoms with Gasteiger partial charge >= 0.3 is 6.03 Å². The molecule has 0 bridgehead atoms. The van der Waals surface area contributed by atoms with Crippen molar-refractivity contribution >= 4 is 17.6 Å². The highest BCUT2D eigenvalue weighted by molar-refractivity contribution is 5.95. The molecule has 2 N–H and O–H groups in total. The number of carbonyl (C=O) groups excluding carboxylic acids is 2. The van der Waals surface area contributed by atoms with Crippen LogP contribution in [-0.4, -0.2) is 46.5 Å². The first-order valence-electron chi connectivity index (χ1n) is 10.0. The topological polar surface area (TPSA) is 101 Å². The van der Waals surface area contributed by atoms with Gasteiger partial charge < -0.3 is 24.8 Å². The van der Waals surface area contributed by atoms with Crippen molar-refractivity contribution in [3.05, 3.63) is 41.5 Å². The fourth-order valence-corrected chi connectivity index (χ4v) is 3.72. The second-order valence-electron chi connectivity index (χ2n) is 7.34. The molecule has 0 spiro atoms. The third-order valence-electron chi connectivity index (χ3n) is 5.37. The van der Waals surface area contributed by atoms with Crippen molar-refractivity contribution in [2.45, 2.75) is 45.3 Å². The normalized spacial score (nSPS) is 17.6. The number of urea groups is 1. The van der Waals surface area contributed by atoms with Crippen LogP contribution >= 0.6 is 0 Å². The molecule has 0 aliphatic carbocycles. The van der Waals surface area contributed by atoms with Crippen molar-refractivity contribution in [2.24, 2.45) is 0 Å². The summed E-state index contributed by atoms with van der Waals surface area (Å²) in [5, 5.41) is 14.2. The molecular weight excluding hydrogens is 372 g/mol. The molecule has 9 nitrogen and oxygen atoms in total. The highest BCUT2D eigenvalue weighted by Crippen LogP contribution is 2.23. The lowest BCUT2D eigenvalue weighted by molar-refractivity contribution is -0.117. The van der Waals surface area contributed by atoms with Crippen molar-refractivity contribution in [1.82, 2.24) is 25.4 Å². The zero-order chi connectivity index (χ0) is 20.2. The number of benzene rings is 1. The highest BCUT2D eigenvalue weighted by Gasteiger charge is 2.22. The second-order valence-corrected chi connectivity index (χ2v) is 7.34. The lowest BCUT2D eigenvalue weighted by Gasteiger charge is -2.18. The Kier molecular flexibility index (Phi) is 5.75. The molecular formula is C20H26N6O3. The third kappa shape index (κ3) is 4.40. The fourth-order valence-electron chi connectivity index (χ4n) is 3.72. The van der Waals surface area contributed by atoms with Gasteiger partial charge in [-0.25, -0.2) is 4.79 Å². The van der Waals surface area contributed by atoms with Crippen LogP contribution in [0.5, 0.6) is 0 Å². The van der Waals surface area contributed by atoms with Gasteiger partial charge in [-0.15, -0.1) is 10.2 Å². The van der Waals surface area contributed by atoms with Gasteiger partial charge in [0, 0.05) is 31.6 Å². The number of ether oxygens (including phenoxy) is 1. The van der Waals surface area contributed by atoms with Crippen LogP contribution in [0.4, 0.5) is 10.5 Å². The summed E-state index contributed by atoms with van der Waals surface area (Å²) in [6.07, 6.45) is 2.25. The van der Waals surface area contributed by atoms with Gasteiger partial charge in [-0.2, -0.15) is 0 Å². The van der Waals surface area contributed by atoms with Gasteiger partial charge in [0.15, 0.2) is 5.82 Å². The Labute approximate surface area is 169 Å². The van der Waals surface area contributed by atoms with Crippen molar-refractivity contribution in [1.29, 1.82) is 0 Å². The molecule has 2 aromatic rings. The maximum Gasteiger partial charge on any atom is 0.315 e. The Bertz CT molecular complexity index is 879. The van der Waals surface area contributed by atoms with E-state index in [1.165, 1.54) is 0 Å². The number of hydrogen-bond donors (Lipinski definition) is 2. The minimum atomic E-state index is -0.265. The third-order valence-corrected chi connectivity index (χ3v) is 5.37. The molecule has 1 fully saturated rings. The Morgan fingerprint density at radius 3 is 2.76 bits per heavy atom. The van der Waals surface area contributed by atoms with Gasteiger partial charge in [0.1, 0.15) is 5.82 Å². The Morgan fingerprint density at radius 1 is 1.17 bits per heavy atom. The number of rotatable bonds is 5. The summed E-state index contributed by atoms with van der Waals surface area (Å²) >= 11 is 0. The molecule has 1 atom stereocenters. The predicted octanol–water partition coefficient (Wildman–Crippen LogP) is 1.54. The predicted molar refractivity (Wildman–Crippen MR) is 106 cm³/mol. The van der Waals surface area contributed by atoms with E-state index in [9.17, 15) is 9.59 Å². The summed E-state index contributed by atoms with van der Waals surface area (Å²) in [7, 11) is 0. The number of hydrogen-bond acceptors (Lipinski definition) is 5. The number of nitrogens with one attached hydrogen (secondary N) is 2. The second kappa shape index (κ2) is 8.60. The SMILES string of the molecule is CC(NC(=O)NCc1nnc2n1CCOCC2)c1ccc(N2CCCC2=O)cc1. The lowest BCUT2D eigenvalue weighted by atomic mass is 10.1. The number of anilines is 1. The molecule has 29 heavy (non-hydrogen) atoms. The summed E-state index contributed by atoms with van der Waals surface area (Å²) in [6.45, 7) is 4.97. The standard InChI is InChI=1S/C20H26N6O3/c1-14(15-4-6-16(7-5-15)25-9-2-3-19(25)27)22-20(28)21-13-18-24-23-17-8-11-29-12-10-26(17)18/h4-7,14H,2-3,8-13H2,1H3,(H2,21,22,28). The van der Waals surface area contributed by atoms with Gasteiger partial charge in [-0.3, -0.25) is 4.79 Å². The quantitative estimate of drug-likeness (QED) is 0.796. The van der Waals surface area contributed by atoms with E-state index in [0.717, 1.165) is 42.3 Å². The van der Waals surface area contributed by atoms with Crippen molar-refractivity contribution < 1.29 is 14.3 Å². The zero-order valence-corrected chi connectivity index (χ0v) is 16.6. The van der Waals surface area contributed by atoms with Crippen LogP contribution in [0.3, 0.4) is 0 Å². The molecule has 1 aromatic carbocycles. The van der Waals surface area contributed by atoms with E-state index in [-0.39, 0.29) is 18.0 Å². The number of amides is 3. The summed E-state index contributed by atoms with van der Waals surface area (Å²) in [5.74, 6) is 1.79. The maximum atomic E-state index is 12.3. The summed E-state index contributed by atoms with van der Waals surface area (Å²) in [5.41, 5.74) is 1.88. The summed E-state index contributed by atoms with van der Waals surface area (Å²) in [6, 6.07) is 7.33. The van der Waals surface area contributed by atoms with E-state index in [2.05, 4.69) is 20.8 Å². The van der Waals surface area contributed by atoms with E-state index >= 15 is 0 Å². The molecule has 9 heteroatoms. The Morgan fingerprint density at radius 2 is 2.00 bits per heavy atom. The Balaban J connectivity index is 1.30. The molecule has 0 radical (unpaired) electrons. The molecule has 1 aromatic heterocycles. The van der Waals surface area contributed by atoms with Crippen LogP contribution in [0.1, 0.15) is 43.0 Å². The van der Waals surface area contributed by atoms with Gasteiger partial charge in [0.2, 0.25) is 5.91 Å². The number of nitrogens with zero attached hydrogens (tertiary/aromatic N) is 4. The minimum absolute atomic E-state index is 0.165. The van der Waals surface area contributed by atoms with Gasteiger partial charge in [-0.05, 0) is 31.0 Å². The smallest absolute Gasteiger partial charge is 0.315 e. The fraction of sp³-hybridized carbons (Fsp3) is 0.500. The molecule has 3 heterocycles. The van der Waals surface area contributed by atoms with Crippen LogP contribution in [0.25, 0.3) is 0 Å². The van der Waals surface area contributed by atoms with Crippen molar-refractivity contribution in [3.63, 3.8) is 0 Å². The largest absolute Gasteiger partial charge is 0.379 e. The van der Waals surface area contributed by atoms with Crippen LogP contribution in [-0.2, 0) is 29.0 Å². The molecule has 2 aliphatic heterocycles. The summed E-state index contributed by atoms with van der Waals surface area (Å²) in [4.78, 5) is 26.0. The molecule has 4 rings (SSSR count).